The average molecular weight is 595 g/mol. The number of hydrogen-bond donors (Lipinski definition) is 1. The second kappa shape index (κ2) is 34.1. The average Bonchev–Trinajstić information content (AvgIpc) is 2.99. The molecule has 0 aromatic carbocycles. The highest BCUT2D eigenvalue weighted by Gasteiger charge is 2.16. The van der Waals surface area contributed by atoms with Gasteiger partial charge in [-0.3, -0.25) is 9.59 Å². The molecule has 248 valence electrons. The summed E-state index contributed by atoms with van der Waals surface area (Å²) in [5.74, 6) is -0.593. The van der Waals surface area contributed by atoms with Crippen LogP contribution in [0.15, 0.2) is 12.2 Å². The van der Waals surface area contributed by atoms with Crippen molar-refractivity contribution in [1.29, 1.82) is 0 Å². The Morgan fingerprint density at radius 2 is 0.881 bits per heavy atom. The zero-order valence-corrected chi connectivity index (χ0v) is 28.0. The first-order valence-electron chi connectivity index (χ1n) is 18.2. The SMILES string of the molecule is CCCCCCCC/C=C\CCCCCCCC(=O)OCC(CO)OC(=O)CCCCCCCCCCCCCCC. The van der Waals surface area contributed by atoms with Gasteiger partial charge in [-0.25, -0.2) is 0 Å². The van der Waals surface area contributed by atoms with Gasteiger partial charge in [0.1, 0.15) is 6.61 Å². The van der Waals surface area contributed by atoms with Crippen LogP contribution in [0.3, 0.4) is 0 Å². The second-order valence-corrected chi connectivity index (χ2v) is 12.3. The van der Waals surface area contributed by atoms with Gasteiger partial charge in [0.05, 0.1) is 6.61 Å². The van der Waals surface area contributed by atoms with Gasteiger partial charge in [0.2, 0.25) is 0 Å². The molecular formula is C37H70O5. The van der Waals surface area contributed by atoms with E-state index < -0.39 is 6.10 Å². The van der Waals surface area contributed by atoms with Gasteiger partial charge in [0, 0.05) is 12.8 Å². The Morgan fingerprint density at radius 3 is 1.29 bits per heavy atom. The van der Waals surface area contributed by atoms with Crippen molar-refractivity contribution >= 4 is 11.9 Å². The third-order valence-electron chi connectivity index (χ3n) is 8.06. The molecule has 0 saturated carbocycles. The van der Waals surface area contributed by atoms with E-state index in [9.17, 15) is 14.7 Å². The highest BCUT2D eigenvalue weighted by molar-refractivity contribution is 5.70. The number of aliphatic hydroxyl groups is 1. The summed E-state index contributed by atoms with van der Waals surface area (Å²) in [7, 11) is 0. The Balaban J connectivity index is 3.55. The number of carbonyl (C=O) groups is 2. The van der Waals surface area contributed by atoms with Crippen LogP contribution >= 0.6 is 0 Å². The normalized spacial score (nSPS) is 12.2. The van der Waals surface area contributed by atoms with Gasteiger partial charge in [0.15, 0.2) is 6.10 Å². The van der Waals surface area contributed by atoms with Crippen LogP contribution < -0.4 is 0 Å². The minimum atomic E-state index is -0.766. The fourth-order valence-corrected chi connectivity index (χ4v) is 5.25. The third-order valence-corrected chi connectivity index (χ3v) is 8.06. The zero-order chi connectivity index (χ0) is 30.8. The summed E-state index contributed by atoms with van der Waals surface area (Å²) in [4.78, 5) is 24.1. The Morgan fingerprint density at radius 1 is 0.524 bits per heavy atom. The largest absolute Gasteiger partial charge is 0.462 e. The predicted octanol–water partition coefficient (Wildman–Crippen LogP) is 11.0. The topological polar surface area (TPSA) is 72.8 Å². The molecule has 0 heterocycles. The lowest BCUT2D eigenvalue weighted by atomic mass is 10.0. The van der Waals surface area contributed by atoms with E-state index in [1.165, 1.54) is 122 Å². The van der Waals surface area contributed by atoms with E-state index in [2.05, 4.69) is 26.0 Å². The van der Waals surface area contributed by atoms with Crippen molar-refractivity contribution in [2.75, 3.05) is 13.2 Å². The van der Waals surface area contributed by atoms with Crippen molar-refractivity contribution < 1.29 is 24.2 Å². The van der Waals surface area contributed by atoms with Crippen molar-refractivity contribution in [1.82, 2.24) is 0 Å². The van der Waals surface area contributed by atoms with Gasteiger partial charge in [0.25, 0.3) is 0 Å². The number of unbranched alkanes of at least 4 members (excludes halogenated alkanes) is 23. The number of carbonyl (C=O) groups excluding carboxylic acids is 2. The Bertz CT molecular complexity index is 603. The molecule has 0 saturated heterocycles. The van der Waals surface area contributed by atoms with E-state index in [0.717, 1.165) is 44.9 Å². The maximum absolute atomic E-state index is 12.1. The van der Waals surface area contributed by atoms with Crippen LogP contribution in [-0.4, -0.2) is 36.4 Å². The molecule has 0 aliphatic heterocycles. The number of rotatable bonds is 33. The minimum Gasteiger partial charge on any atom is -0.462 e. The smallest absolute Gasteiger partial charge is 0.306 e. The van der Waals surface area contributed by atoms with E-state index in [1.807, 2.05) is 0 Å². The number of esters is 2. The van der Waals surface area contributed by atoms with Crippen LogP contribution in [0.4, 0.5) is 0 Å². The number of allylic oxidation sites excluding steroid dienone is 2. The van der Waals surface area contributed by atoms with E-state index in [4.69, 9.17) is 9.47 Å². The van der Waals surface area contributed by atoms with Crippen molar-refractivity contribution in [2.24, 2.45) is 0 Å². The lowest BCUT2D eigenvalue weighted by Crippen LogP contribution is -2.28. The molecule has 42 heavy (non-hydrogen) atoms. The highest BCUT2D eigenvalue weighted by atomic mass is 16.6. The molecular weight excluding hydrogens is 524 g/mol. The van der Waals surface area contributed by atoms with Crippen LogP contribution in [0.5, 0.6) is 0 Å². The van der Waals surface area contributed by atoms with Crippen molar-refractivity contribution in [3.8, 4) is 0 Å². The number of hydrogen-bond acceptors (Lipinski definition) is 5. The molecule has 1 atom stereocenters. The summed E-state index contributed by atoms with van der Waals surface area (Å²) >= 11 is 0. The maximum Gasteiger partial charge on any atom is 0.306 e. The van der Waals surface area contributed by atoms with Crippen molar-refractivity contribution in [2.45, 2.75) is 200 Å². The highest BCUT2D eigenvalue weighted by Crippen LogP contribution is 2.14. The molecule has 0 rings (SSSR count). The minimum absolute atomic E-state index is 0.0647. The zero-order valence-electron chi connectivity index (χ0n) is 28.0. The Kier molecular flexibility index (Phi) is 33.0. The van der Waals surface area contributed by atoms with E-state index >= 15 is 0 Å². The predicted molar refractivity (Wildman–Crippen MR) is 178 cm³/mol. The molecule has 5 heteroatoms. The Hall–Kier alpha value is -1.36. The molecule has 0 amide bonds. The van der Waals surface area contributed by atoms with Gasteiger partial charge in [-0.2, -0.15) is 0 Å². The van der Waals surface area contributed by atoms with Gasteiger partial charge >= 0.3 is 11.9 Å². The van der Waals surface area contributed by atoms with Gasteiger partial charge in [-0.15, -0.1) is 0 Å². The molecule has 0 aliphatic carbocycles. The summed E-state index contributed by atoms with van der Waals surface area (Å²) in [6, 6.07) is 0. The maximum atomic E-state index is 12.1. The summed E-state index contributed by atoms with van der Waals surface area (Å²) in [5.41, 5.74) is 0. The summed E-state index contributed by atoms with van der Waals surface area (Å²) in [6.07, 6.45) is 36.9. The summed E-state index contributed by atoms with van der Waals surface area (Å²) in [5, 5.41) is 9.52. The quantitative estimate of drug-likeness (QED) is 0.0465. The van der Waals surface area contributed by atoms with Gasteiger partial charge in [-0.1, -0.05) is 154 Å². The number of ether oxygens (including phenoxy) is 2. The fraction of sp³-hybridized carbons (Fsp3) is 0.892. The first-order chi connectivity index (χ1) is 20.6. The standard InChI is InChI=1S/C37H70O5/c1-3-5-7-9-11-13-15-17-18-20-21-23-25-27-29-31-36(39)41-34-35(33-38)42-37(40)32-30-28-26-24-22-19-16-14-12-10-8-6-4-2/h17-18,35,38H,3-16,19-34H2,1-2H3/b18-17-. The van der Waals surface area contributed by atoms with E-state index in [1.54, 1.807) is 0 Å². The molecule has 0 aliphatic rings. The Labute approximate surface area is 261 Å². The summed E-state index contributed by atoms with van der Waals surface area (Å²) < 4.78 is 10.6. The van der Waals surface area contributed by atoms with Gasteiger partial charge in [-0.05, 0) is 38.5 Å². The number of aliphatic hydroxyl groups excluding tert-OH is 1. The van der Waals surface area contributed by atoms with Crippen molar-refractivity contribution in [3.63, 3.8) is 0 Å². The lowest BCUT2D eigenvalue weighted by molar-refractivity contribution is -0.161. The van der Waals surface area contributed by atoms with Crippen LogP contribution in [0.25, 0.3) is 0 Å². The first-order valence-corrected chi connectivity index (χ1v) is 18.2. The second-order valence-electron chi connectivity index (χ2n) is 12.3. The first kappa shape index (κ1) is 40.6. The van der Waals surface area contributed by atoms with Crippen LogP contribution in [0.1, 0.15) is 194 Å². The molecule has 0 radical (unpaired) electrons. The molecule has 0 aromatic rings. The van der Waals surface area contributed by atoms with Crippen molar-refractivity contribution in [3.05, 3.63) is 12.2 Å². The molecule has 5 nitrogen and oxygen atoms in total. The molecule has 1 unspecified atom stereocenters. The van der Waals surface area contributed by atoms with Crippen LogP contribution in [0.2, 0.25) is 0 Å². The molecule has 0 bridgehead atoms. The van der Waals surface area contributed by atoms with Gasteiger partial charge < -0.3 is 14.6 Å². The molecule has 0 aromatic heterocycles. The molecule has 0 spiro atoms. The van der Waals surface area contributed by atoms with E-state index in [-0.39, 0.29) is 25.2 Å². The van der Waals surface area contributed by atoms with Crippen LogP contribution in [0, 0.1) is 0 Å². The monoisotopic (exact) mass is 595 g/mol. The van der Waals surface area contributed by atoms with Crippen LogP contribution in [-0.2, 0) is 19.1 Å². The summed E-state index contributed by atoms with van der Waals surface area (Å²) in [6.45, 7) is 4.13. The molecule has 0 fully saturated rings. The lowest BCUT2D eigenvalue weighted by Gasteiger charge is -2.15. The third kappa shape index (κ3) is 31.6. The fourth-order valence-electron chi connectivity index (χ4n) is 5.25. The molecule has 1 N–H and O–H groups in total. The van der Waals surface area contributed by atoms with E-state index in [0.29, 0.717) is 12.8 Å².